The lowest BCUT2D eigenvalue weighted by molar-refractivity contribution is 0.410. The van der Waals surface area contributed by atoms with Gasteiger partial charge in [0.15, 0.2) is 0 Å². The van der Waals surface area contributed by atoms with Crippen molar-refractivity contribution in [2.45, 2.75) is 30.2 Å². The number of sulfonamides is 1. The van der Waals surface area contributed by atoms with Gasteiger partial charge in [-0.2, -0.15) is 4.31 Å². The molecule has 1 fully saturated rings. The van der Waals surface area contributed by atoms with E-state index >= 15 is 0 Å². The maximum atomic E-state index is 12.6. The normalized spacial score (nSPS) is 15.3. The smallest absolute Gasteiger partial charge is 0.243 e. The molecular weight excluding hydrogens is 296 g/mol. The Morgan fingerprint density at radius 1 is 1.40 bits per heavy atom. The first-order valence-corrected chi connectivity index (χ1v) is 8.24. The standard InChI is InChI=1S/C13H18N2O3S2/c1-18-11-4-6-12(7-5-11)20(16,17)15(10-2-3-10)9-8-13(14)19/h4-7,10H,2-3,8-9H2,1H3,(H2,14,19). The fourth-order valence-corrected chi connectivity index (χ4v) is 3.74. The quantitative estimate of drug-likeness (QED) is 0.773. The molecule has 0 atom stereocenters. The number of methoxy groups -OCH3 is 1. The third kappa shape index (κ3) is 3.47. The molecule has 0 heterocycles. The topological polar surface area (TPSA) is 72.6 Å². The highest BCUT2D eigenvalue weighted by Gasteiger charge is 2.37. The van der Waals surface area contributed by atoms with E-state index in [9.17, 15) is 8.42 Å². The summed E-state index contributed by atoms with van der Waals surface area (Å²) in [4.78, 5) is 0.605. The van der Waals surface area contributed by atoms with Gasteiger partial charge in [0.1, 0.15) is 5.75 Å². The number of ether oxygens (including phenoxy) is 1. The second kappa shape index (κ2) is 6.07. The minimum Gasteiger partial charge on any atom is -0.497 e. The molecule has 0 bridgehead atoms. The van der Waals surface area contributed by atoms with Gasteiger partial charge in [0.2, 0.25) is 10.0 Å². The van der Waals surface area contributed by atoms with Crippen molar-refractivity contribution >= 4 is 27.2 Å². The molecule has 5 nitrogen and oxygen atoms in total. The first-order valence-electron chi connectivity index (χ1n) is 6.39. The zero-order chi connectivity index (χ0) is 14.8. The Hall–Kier alpha value is -1.18. The van der Waals surface area contributed by atoms with Crippen molar-refractivity contribution in [1.82, 2.24) is 4.31 Å². The van der Waals surface area contributed by atoms with E-state index in [0.29, 0.717) is 23.7 Å². The minimum absolute atomic E-state index is 0.0800. The molecule has 0 saturated heterocycles. The number of rotatable bonds is 7. The highest BCUT2D eigenvalue weighted by molar-refractivity contribution is 7.89. The van der Waals surface area contributed by atoms with Crippen LogP contribution in [0.4, 0.5) is 0 Å². The van der Waals surface area contributed by atoms with Crippen LogP contribution in [0.25, 0.3) is 0 Å². The van der Waals surface area contributed by atoms with Crippen molar-refractivity contribution in [3.8, 4) is 5.75 Å². The molecule has 7 heteroatoms. The van der Waals surface area contributed by atoms with E-state index in [2.05, 4.69) is 0 Å². The summed E-state index contributed by atoms with van der Waals surface area (Å²) in [5.74, 6) is 0.630. The molecule has 110 valence electrons. The molecule has 0 aromatic heterocycles. The summed E-state index contributed by atoms with van der Waals surface area (Å²) in [6.45, 7) is 0.342. The van der Waals surface area contributed by atoms with Crippen LogP contribution >= 0.6 is 12.2 Å². The van der Waals surface area contributed by atoms with E-state index in [4.69, 9.17) is 22.7 Å². The predicted octanol–water partition coefficient (Wildman–Crippen LogP) is 1.52. The molecule has 1 aliphatic carbocycles. The second-order valence-corrected chi connectivity index (χ2v) is 7.15. The Balaban J connectivity index is 2.22. The van der Waals surface area contributed by atoms with E-state index in [0.717, 1.165) is 12.8 Å². The molecule has 2 rings (SSSR count). The molecule has 0 spiro atoms. The highest BCUT2D eigenvalue weighted by Crippen LogP contribution is 2.32. The number of thiocarbonyl (C=S) groups is 1. The summed E-state index contributed by atoms with van der Waals surface area (Å²) < 4.78 is 31.8. The van der Waals surface area contributed by atoms with Gasteiger partial charge in [-0.25, -0.2) is 8.42 Å². The summed E-state index contributed by atoms with van der Waals surface area (Å²) >= 11 is 4.83. The van der Waals surface area contributed by atoms with Crippen LogP contribution in [-0.4, -0.2) is 37.4 Å². The molecule has 1 aromatic rings. The summed E-state index contributed by atoms with van der Waals surface area (Å²) in [5.41, 5.74) is 5.47. The van der Waals surface area contributed by atoms with Gasteiger partial charge in [-0.3, -0.25) is 0 Å². The predicted molar refractivity (Wildman–Crippen MR) is 81.3 cm³/mol. The van der Waals surface area contributed by atoms with E-state index in [-0.39, 0.29) is 10.9 Å². The molecule has 1 saturated carbocycles. The lowest BCUT2D eigenvalue weighted by Crippen LogP contribution is -2.35. The molecular formula is C13H18N2O3S2. The SMILES string of the molecule is COc1ccc(S(=O)(=O)N(CCC(N)=S)C2CC2)cc1. The first kappa shape index (κ1) is 15.2. The first-order chi connectivity index (χ1) is 9.45. The molecule has 0 amide bonds. The van der Waals surface area contributed by atoms with Crippen molar-refractivity contribution in [2.24, 2.45) is 5.73 Å². The Kier molecular flexibility index (Phi) is 4.62. The fourth-order valence-electron chi connectivity index (χ4n) is 1.97. The van der Waals surface area contributed by atoms with Crippen molar-refractivity contribution < 1.29 is 13.2 Å². The number of benzene rings is 1. The van der Waals surface area contributed by atoms with Crippen molar-refractivity contribution in [3.63, 3.8) is 0 Å². The molecule has 1 aliphatic rings. The average molecular weight is 314 g/mol. The van der Waals surface area contributed by atoms with Crippen LogP contribution in [0.1, 0.15) is 19.3 Å². The fraction of sp³-hybridized carbons (Fsp3) is 0.462. The number of nitrogens with two attached hydrogens (primary N) is 1. The summed E-state index contributed by atoms with van der Waals surface area (Å²) in [6.07, 6.45) is 2.20. The van der Waals surface area contributed by atoms with Crippen molar-refractivity contribution in [1.29, 1.82) is 0 Å². The van der Waals surface area contributed by atoms with E-state index in [1.807, 2.05) is 0 Å². The van der Waals surface area contributed by atoms with E-state index in [1.165, 1.54) is 4.31 Å². The van der Waals surface area contributed by atoms with Gasteiger partial charge in [-0.1, -0.05) is 12.2 Å². The summed E-state index contributed by atoms with van der Waals surface area (Å²) in [5, 5.41) is 0. The molecule has 1 aromatic carbocycles. The lowest BCUT2D eigenvalue weighted by atomic mass is 10.3. The second-order valence-electron chi connectivity index (χ2n) is 4.74. The van der Waals surface area contributed by atoms with Crippen LogP contribution in [0.15, 0.2) is 29.2 Å². The molecule has 20 heavy (non-hydrogen) atoms. The Morgan fingerprint density at radius 2 is 2.00 bits per heavy atom. The maximum Gasteiger partial charge on any atom is 0.243 e. The third-order valence-electron chi connectivity index (χ3n) is 3.20. The Labute approximate surface area is 124 Å². The molecule has 2 N–H and O–H groups in total. The van der Waals surface area contributed by atoms with Crippen LogP contribution in [0, 0.1) is 0 Å². The monoisotopic (exact) mass is 314 g/mol. The van der Waals surface area contributed by atoms with Gasteiger partial charge in [0.05, 0.1) is 17.0 Å². The molecule has 0 unspecified atom stereocenters. The zero-order valence-corrected chi connectivity index (χ0v) is 12.9. The van der Waals surface area contributed by atoms with Crippen LogP contribution in [0.3, 0.4) is 0 Å². The Morgan fingerprint density at radius 3 is 2.45 bits per heavy atom. The summed E-state index contributed by atoms with van der Waals surface area (Å²) in [7, 11) is -1.95. The molecule has 0 aliphatic heterocycles. The van der Waals surface area contributed by atoms with Crippen molar-refractivity contribution in [3.05, 3.63) is 24.3 Å². The van der Waals surface area contributed by atoms with Crippen LogP contribution in [0.5, 0.6) is 5.75 Å². The largest absolute Gasteiger partial charge is 0.497 e. The Bertz CT molecular complexity index is 580. The van der Waals surface area contributed by atoms with Gasteiger partial charge in [-0.15, -0.1) is 0 Å². The van der Waals surface area contributed by atoms with Gasteiger partial charge in [-0.05, 0) is 37.1 Å². The van der Waals surface area contributed by atoms with Crippen LogP contribution < -0.4 is 10.5 Å². The van der Waals surface area contributed by atoms with Crippen molar-refractivity contribution in [2.75, 3.05) is 13.7 Å². The highest BCUT2D eigenvalue weighted by atomic mass is 32.2. The van der Waals surface area contributed by atoms with Gasteiger partial charge < -0.3 is 10.5 Å². The van der Waals surface area contributed by atoms with E-state index in [1.54, 1.807) is 31.4 Å². The lowest BCUT2D eigenvalue weighted by Gasteiger charge is -2.21. The number of hydrogen-bond acceptors (Lipinski definition) is 4. The molecule has 0 radical (unpaired) electrons. The number of nitrogens with zero attached hydrogens (tertiary/aromatic N) is 1. The van der Waals surface area contributed by atoms with Crippen LogP contribution in [0.2, 0.25) is 0 Å². The maximum absolute atomic E-state index is 12.6. The average Bonchev–Trinajstić information content (AvgIpc) is 3.23. The summed E-state index contributed by atoms with van der Waals surface area (Å²) in [6, 6.07) is 6.49. The van der Waals surface area contributed by atoms with E-state index < -0.39 is 10.0 Å². The van der Waals surface area contributed by atoms with Crippen LogP contribution in [-0.2, 0) is 10.0 Å². The zero-order valence-electron chi connectivity index (χ0n) is 11.3. The van der Waals surface area contributed by atoms with Gasteiger partial charge in [0, 0.05) is 19.0 Å². The van der Waals surface area contributed by atoms with Gasteiger partial charge in [0.25, 0.3) is 0 Å². The number of hydrogen-bond donors (Lipinski definition) is 1. The minimum atomic E-state index is -3.50. The van der Waals surface area contributed by atoms with Gasteiger partial charge >= 0.3 is 0 Å². The third-order valence-corrected chi connectivity index (χ3v) is 5.37.